The Labute approximate surface area is 517 Å². The summed E-state index contributed by atoms with van der Waals surface area (Å²) in [4.78, 5) is 138. The molecule has 0 atom stereocenters. The summed E-state index contributed by atoms with van der Waals surface area (Å²) in [5, 5.41) is 28.4. The fourth-order valence-corrected chi connectivity index (χ4v) is 10.8. The van der Waals surface area contributed by atoms with Crippen molar-refractivity contribution in [1.29, 1.82) is 0 Å². The van der Waals surface area contributed by atoms with Crippen LogP contribution in [0, 0.1) is 69.2 Å². The minimum atomic E-state index is -0.888. The summed E-state index contributed by atoms with van der Waals surface area (Å²) in [5.41, 5.74) is 2.33. The molecule has 0 aliphatic rings. The molecule has 478 valence electrons. The first-order valence-electron chi connectivity index (χ1n) is 30.4. The van der Waals surface area contributed by atoms with Gasteiger partial charge in [-0.3, -0.25) is 0 Å². The smallest absolute Gasteiger partial charge is 0.336 e. The second kappa shape index (κ2) is 29.3. The fourth-order valence-electron chi connectivity index (χ4n) is 10.8. The van der Waals surface area contributed by atoms with Crippen LogP contribution in [0.4, 0.5) is 30.6 Å². The van der Waals surface area contributed by atoms with Gasteiger partial charge >= 0.3 is 58.3 Å². The molecular weight excluding hydrogens is 1160 g/mol. The monoisotopic (exact) mass is 1240 g/mol. The van der Waals surface area contributed by atoms with Crippen LogP contribution in [0.3, 0.4) is 0 Å². The number of hydrogen-bond donors (Lipinski definition) is 4. The fraction of sp³-hybridized carbons (Fsp3) is 0.452. The molecule has 8 aromatic rings. The van der Waals surface area contributed by atoms with Gasteiger partial charge < -0.3 is 21.3 Å². The van der Waals surface area contributed by atoms with Crippen LogP contribution < -0.4 is 55.4 Å². The molecule has 0 aliphatic heterocycles. The van der Waals surface area contributed by atoms with Gasteiger partial charge in [0, 0.05) is 73.4 Å². The number of amides is 4. The Morgan fingerprint density at radius 3 is 0.867 bits per heavy atom. The maximum Gasteiger partial charge on any atom is 0.346 e. The minimum Gasteiger partial charge on any atom is -0.336 e. The van der Waals surface area contributed by atoms with E-state index in [-0.39, 0.29) is 62.5 Å². The summed E-state index contributed by atoms with van der Waals surface area (Å²) in [6, 6.07) is 14.7. The van der Waals surface area contributed by atoms with E-state index in [0.29, 0.717) is 134 Å². The number of carbonyl (C=O) groups is 4. The second-order valence-corrected chi connectivity index (χ2v) is 22.9. The maximum absolute atomic E-state index is 14.5. The van der Waals surface area contributed by atoms with E-state index in [0.717, 1.165) is 38.8 Å². The first-order valence-corrected chi connectivity index (χ1v) is 30.4. The SMILES string of the molecule is Cc1cc(C)n(C(=O)NCCCCCCn2c(=O)n(CCCCCCn3c(=O)n(CCCCCCNC(=O)n4nc(C)cc4C)c(=O)n(-c4ccc(C)c(NC(=O)n5nc(C)cc5C)c4)c3=O)c(=O)n(-c3ccc(C)c(NC(=O)n4nc(C)cc4C)c3)c2=O)n1. The van der Waals surface area contributed by atoms with Crippen LogP contribution in [0.2, 0.25) is 0 Å². The molecule has 0 bridgehead atoms. The second-order valence-electron chi connectivity index (χ2n) is 22.9. The number of nitrogens with one attached hydrogen (secondary N) is 4. The van der Waals surface area contributed by atoms with Crippen molar-refractivity contribution in [2.24, 2.45) is 0 Å². The van der Waals surface area contributed by atoms with Crippen molar-refractivity contribution >= 4 is 35.5 Å². The van der Waals surface area contributed by atoms with Gasteiger partial charge in [-0.1, -0.05) is 50.7 Å². The molecule has 6 heterocycles. The third-order valence-electron chi connectivity index (χ3n) is 15.5. The standard InChI is InChI=1S/C62H80N18O10/c1-39-23-25-49(37-51(39)65-55(83)79-47(9)35-43(5)69-79)75-59(87)71(29-19-13-11-17-27-63-53(81)77-45(7)33-41(3)67-77)57(85)73(61(75)89)31-21-15-16-22-32-74-58(86)72(30-20-14-12-18-28-64-54(82)78-46(8)34-42(4)68-78)60(88)76(62(74)90)50-26-24-40(2)52(38-50)66-56(84)80-48(10)36-44(6)70-80/h23-26,33-38H,11-22,27-32H2,1-10H3,(H,63,81)(H,64,82)(H,65,83)(H,66,84). The van der Waals surface area contributed by atoms with Crippen molar-refractivity contribution in [2.75, 3.05) is 23.7 Å². The molecule has 0 radical (unpaired) electrons. The number of unbranched alkanes of at least 4 members (excludes halogenated alkanes) is 9. The van der Waals surface area contributed by atoms with E-state index in [1.54, 1.807) is 106 Å². The third kappa shape index (κ3) is 15.4. The summed E-state index contributed by atoms with van der Waals surface area (Å²) >= 11 is 0. The highest BCUT2D eigenvalue weighted by Gasteiger charge is 2.22. The number of rotatable bonds is 25. The van der Waals surface area contributed by atoms with E-state index < -0.39 is 46.2 Å². The summed E-state index contributed by atoms with van der Waals surface area (Å²) in [7, 11) is 0. The first-order chi connectivity index (χ1) is 42.9. The molecule has 4 amide bonds. The number of aromatic nitrogens is 14. The van der Waals surface area contributed by atoms with Gasteiger partial charge in [0.15, 0.2) is 0 Å². The molecule has 8 rings (SSSR count). The van der Waals surface area contributed by atoms with Crippen molar-refractivity contribution in [1.82, 2.24) is 77.2 Å². The molecule has 0 saturated carbocycles. The Balaban J connectivity index is 0.988. The molecule has 28 nitrogen and oxygen atoms in total. The zero-order valence-electron chi connectivity index (χ0n) is 52.8. The van der Waals surface area contributed by atoms with E-state index in [1.165, 1.54) is 30.9 Å². The van der Waals surface area contributed by atoms with Crippen LogP contribution in [0.5, 0.6) is 0 Å². The zero-order valence-corrected chi connectivity index (χ0v) is 52.8. The Kier molecular flexibility index (Phi) is 21.5. The van der Waals surface area contributed by atoms with Gasteiger partial charge in [0.1, 0.15) is 0 Å². The molecule has 90 heavy (non-hydrogen) atoms. The molecule has 0 aliphatic carbocycles. The number of nitrogens with zero attached hydrogens (tertiary/aromatic N) is 14. The Hall–Kier alpha value is -10.0. The van der Waals surface area contributed by atoms with Gasteiger partial charge in [0.2, 0.25) is 0 Å². The van der Waals surface area contributed by atoms with E-state index in [9.17, 15) is 47.9 Å². The van der Waals surface area contributed by atoms with E-state index in [2.05, 4.69) is 41.7 Å². The van der Waals surface area contributed by atoms with Crippen molar-refractivity contribution < 1.29 is 19.2 Å². The molecule has 0 saturated heterocycles. The predicted molar refractivity (Wildman–Crippen MR) is 339 cm³/mol. The molecular formula is C62H80N18O10. The topological polar surface area (TPSA) is 320 Å². The summed E-state index contributed by atoms with van der Waals surface area (Å²) in [5.74, 6) is 0. The maximum atomic E-state index is 14.5. The average Bonchev–Trinajstić information content (AvgIpc) is 1.19. The van der Waals surface area contributed by atoms with Gasteiger partial charge in [0.25, 0.3) is 0 Å². The number of benzene rings is 2. The lowest BCUT2D eigenvalue weighted by Gasteiger charge is -2.16. The molecule has 2 aromatic carbocycles. The minimum absolute atomic E-state index is 0.0202. The average molecular weight is 1240 g/mol. The highest BCUT2D eigenvalue weighted by molar-refractivity contribution is 5.93. The zero-order chi connectivity index (χ0) is 65.1. The lowest BCUT2D eigenvalue weighted by molar-refractivity contribution is 0.238. The summed E-state index contributed by atoms with van der Waals surface area (Å²) in [6.45, 7) is 18.2. The summed E-state index contributed by atoms with van der Waals surface area (Å²) < 4.78 is 11.0. The quantitative estimate of drug-likeness (QED) is 0.0441. The Morgan fingerprint density at radius 1 is 0.333 bits per heavy atom. The molecule has 0 unspecified atom stereocenters. The Morgan fingerprint density at radius 2 is 0.600 bits per heavy atom. The molecule has 6 aromatic heterocycles. The van der Waals surface area contributed by atoms with E-state index >= 15 is 0 Å². The van der Waals surface area contributed by atoms with Crippen LogP contribution in [0.1, 0.15) is 134 Å². The van der Waals surface area contributed by atoms with Gasteiger partial charge in [0.05, 0.1) is 34.2 Å². The van der Waals surface area contributed by atoms with Crippen molar-refractivity contribution in [3.63, 3.8) is 0 Å². The number of hydrogen-bond acceptors (Lipinski definition) is 14. The lowest BCUT2D eigenvalue weighted by atomic mass is 10.1. The van der Waals surface area contributed by atoms with Gasteiger partial charge in [-0.2, -0.15) is 39.1 Å². The van der Waals surface area contributed by atoms with Crippen LogP contribution >= 0.6 is 0 Å². The number of carbonyl (C=O) groups excluding carboxylic acids is 4. The van der Waals surface area contributed by atoms with Crippen molar-refractivity contribution in [2.45, 2.75) is 172 Å². The summed E-state index contributed by atoms with van der Waals surface area (Å²) in [6.07, 6.45) is 5.90. The van der Waals surface area contributed by atoms with Crippen molar-refractivity contribution in [3.05, 3.63) is 180 Å². The van der Waals surface area contributed by atoms with Crippen LogP contribution in [-0.2, 0) is 26.2 Å². The van der Waals surface area contributed by atoms with Crippen LogP contribution in [0.15, 0.2) is 89.4 Å². The number of anilines is 2. The van der Waals surface area contributed by atoms with Crippen LogP contribution in [0.25, 0.3) is 11.4 Å². The largest absolute Gasteiger partial charge is 0.346 e. The molecule has 0 spiro atoms. The van der Waals surface area contributed by atoms with Gasteiger partial charge in [-0.15, -0.1) is 0 Å². The number of aryl methyl sites for hydroxylation is 10. The Bertz CT molecular complexity index is 4090. The first kappa shape index (κ1) is 65.9. The van der Waals surface area contributed by atoms with Crippen molar-refractivity contribution in [3.8, 4) is 11.4 Å². The van der Waals surface area contributed by atoms with Gasteiger partial charge in [-0.25, -0.2) is 75.3 Å². The van der Waals surface area contributed by atoms with E-state index in [4.69, 9.17) is 0 Å². The molecule has 4 N–H and O–H groups in total. The van der Waals surface area contributed by atoms with E-state index in [1.807, 2.05) is 12.1 Å². The third-order valence-corrected chi connectivity index (χ3v) is 15.5. The molecule has 28 heteroatoms. The highest BCUT2D eigenvalue weighted by atomic mass is 16.2. The lowest BCUT2D eigenvalue weighted by Crippen LogP contribution is -2.54. The van der Waals surface area contributed by atoms with Crippen LogP contribution in [-0.4, -0.2) is 104 Å². The molecule has 0 fully saturated rings. The highest BCUT2D eigenvalue weighted by Crippen LogP contribution is 2.21. The van der Waals surface area contributed by atoms with Gasteiger partial charge in [-0.05, 0) is 167 Å². The predicted octanol–water partition coefficient (Wildman–Crippen LogP) is 6.56. The normalized spacial score (nSPS) is 11.4.